The van der Waals surface area contributed by atoms with Crippen molar-refractivity contribution in [3.8, 4) is 0 Å². The summed E-state index contributed by atoms with van der Waals surface area (Å²) in [4.78, 5) is 3.99. The van der Waals surface area contributed by atoms with Gasteiger partial charge in [0.1, 0.15) is 0 Å². The number of hydrogen-bond donors (Lipinski definition) is 2. The molecule has 0 bridgehead atoms. The van der Waals surface area contributed by atoms with Crippen LogP contribution in [0.5, 0.6) is 0 Å². The van der Waals surface area contributed by atoms with Crippen LogP contribution in [0.3, 0.4) is 0 Å². The van der Waals surface area contributed by atoms with Crippen molar-refractivity contribution in [2.24, 2.45) is 0 Å². The molecule has 0 aromatic carbocycles. The SMILES string of the molecule is CNCc1ccc(S(=O)(=O)NC2(C)CC2)nc1. The number of nitrogens with one attached hydrogen (secondary N) is 2. The van der Waals surface area contributed by atoms with Crippen LogP contribution in [-0.2, 0) is 16.6 Å². The van der Waals surface area contributed by atoms with E-state index in [1.165, 1.54) is 0 Å². The van der Waals surface area contributed by atoms with Crippen molar-refractivity contribution in [2.75, 3.05) is 7.05 Å². The Balaban J connectivity index is 2.15. The number of hydrogen-bond acceptors (Lipinski definition) is 4. The molecule has 1 heterocycles. The monoisotopic (exact) mass is 255 g/mol. The molecule has 2 rings (SSSR count). The fourth-order valence-corrected chi connectivity index (χ4v) is 2.94. The first kappa shape index (κ1) is 12.5. The molecule has 0 saturated heterocycles. The zero-order valence-electron chi connectivity index (χ0n) is 10.0. The Morgan fingerprint density at radius 1 is 1.41 bits per heavy atom. The topological polar surface area (TPSA) is 71.1 Å². The molecule has 0 radical (unpaired) electrons. The van der Waals surface area contributed by atoms with E-state index in [1.807, 2.05) is 14.0 Å². The molecule has 0 spiro atoms. The van der Waals surface area contributed by atoms with Crippen LogP contribution in [0.4, 0.5) is 0 Å². The van der Waals surface area contributed by atoms with Crippen molar-refractivity contribution >= 4 is 10.0 Å². The summed E-state index contributed by atoms with van der Waals surface area (Å²) >= 11 is 0. The van der Waals surface area contributed by atoms with E-state index in [4.69, 9.17) is 0 Å². The average molecular weight is 255 g/mol. The van der Waals surface area contributed by atoms with Gasteiger partial charge in [-0.3, -0.25) is 0 Å². The zero-order valence-corrected chi connectivity index (χ0v) is 10.8. The fraction of sp³-hybridized carbons (Fsp3) is 0.545. The lowest BCUT2D eigenvalue weighted by Gasteiger charge is -2.11. The van der Waals surface area contributed by atoms with Gasteiger partial charge in [-0.05, 0) is 38.4 Å². The van der Waals surface area contributed by atoms with Crippen LogP contribution in [0, 0.1) is 0 Å². The Morgan fingerprint density at radius 2 is 2.12 bits per heavy atom. The molecule has 5 nitrogen and oxygen atoms in total. The van der Waals surface area contributed by atoms with Crippen molar-refractivity contribution in [3.63, 3.8) is 0 Å². The smallest absolute Gasteiger partial charge is 0.258 e. The molecule has 17 heavy (non-hydrogen) atoms. The summed E-state index contributed by atoms with van der Waals surface area (Å²) in [7, 11) is -1.64. The summed E-state index contributed by atoms with van der Waals surface area (Å²) in [5.41, 5.74) is 0.702. The number of sulfonamides is 1. The van der Waals surface area contributed by atoms with Crippen LogP contribution in [0.1, 0.15) is 25.3 Å². The van der Waals surface area contributed by atoms with E-state index in [0.29, 0.717) is 6.54 Å². The van der Waals surface area contributed by atoms with Crippen LogP contribution in [-0.4, -0.2) is 26.0 Å². The maximum absolute atomic E-state index is 12.0. The molecule has 1 saturated carbocycles. The minimum absolute atomic E-state index is 0.0884. The zero-order chi connectivity index (χ0) is 12.5. The first-order valence-corrected chi connectivity index (χ1v) is 7.07. The Kier molecular flexibility index (Phi) is 3.20. The van der Waals surface area contributed by atoms with Gasteiger partial charge < -0.3 is 5.32 Å². The van der Waals surface area contributed by atoms with E-state index < -0.39 is 10.0 Å². The third-order valence-corrected chi connectivity index (χ3v) is 4.39. The van der Waals surface area contributed by atoms with Gasteiger partial charge in [-0.25, -0.2) is 18.1 Å². The van der Waals surface area contributed by atoms with Crippen LogP contribution in [0.25, 0.3) is 0 Å². The first-order chi connectivity index (χ1) is 7.95. The molecule has 2 N–H and O–H groups in total. The van der Waals surface area contributed by atoms with E-state index in [0.717, 1.165) is 18.4 Å². The summed E-state index contributed by atoms with van der Waals surface area (Å²) in [6, 6.07) is 3.31. The average Bonchev–Trinajstić information content (AvgIpc) is 2.96. The molecule has 0 aliphatic heterocycles. The molecule has 1 aliphatic rings. The summed E-state index contributed by atoms with van der Waals surface area (Å²) in [5, 5.41) is 3.07. The summed E-state index contributed by atoms with van der Waals surface area (Å²) in [6.45, 7) is 2.58. The van der Waals surface area contributed by atoms with Gasteiger partial charge in [0, 0.05) is 18.3 Å². The van der Waals surface area contributed by atoms with E-state index in [9.17, 15) is 8.42 Å². The highest BCUT2D eigenvalue weighted by Gasteiger charge is 2.41. The Labute approximate surface area is 102 Å². The van der Waals surface area contributed by atoms with Crippen LogP contribution in [0.15, 0.2) is 23.4 Å². The van der Waals surface area contributed by atoms with E-state index in [1.54, 1.807) is 18.3 Å². The maximum atomic E-state index is 12.0. The van der Waals surface area contributed by atoms with Gasteiger partial charge in [0.25, 0.3) is 10.0 Å². The molecule has 0 atom stereocenters. The third-order valence-electron chi connectivity index (χ3n) is 2.83. The molecule has 1 fully saturated rings. The highest BCUT2D eigenvalue weighted by atomic mass is 32.2. The second-order valence-electron chi connectivity index (χ2n) is 4.70. The van der Waals surface area contributed by atoms with Gasteiger partial charge >= 0.3 is 0 Å². The van der Waals surface area contributed by atoms with Gasteiger partial charge in [-0.2, -0.15) is 0 Å². The molecule has 1 aromatic rings. The van der Waals surface area contributed by atoms with Crippen molar-refractivity contribution in [2.45, 2.75) is 36.9 Å². The predicted molar refractivity (Wildman–Crippen MR) is 65.0 cm³/mol. The predicted octanol–water partition coefficient (Wildman–Crippen LogP) is 0.632. The fourth-order valence-electron chi connectivity index (χ4n) is 1.54. The summed E-state index contributed by atoms with van der Waals surface area (Å²) in [6.07, 6.45) is 3.37. The van der Waals surface area contributed by atoms with Crippen LogP contribution >= 0.6 is 0 Å². The second kappa shape index (κ2) is 4.36. The normalized spacial score (nSPS) is 18.0. The lowest BCUT2D eigenvalue weighted by Crippen LogP contribution is -2.34. The largest absolute Gasteiger partial charge is 0.316 e. The van der Waals surface area contributed by atoms with Crippen molar-refractivity contribution in [1.82, 2.24) is 15.0 Å². The Morgan fingerprint density at radius 3 is 2.59 bits per heavy atom. The van der Waals surface area contributed by atoms with E-state index in [2.05, 4.69) is 15.0 Å². The van der Waals surface area contributed by atoms with Gasteiger partial charge in [0.05, 0.1) is 0 Å². The minimum Gasteiger partial charge on any atom is -0.316 e. The lowest BCUT2D eigenvalue weighted by molar-refractivity contribution is 0.554. The van der Waals surface area contributed by atoms with Gasteiger partial charge in [-0.15, -0.1) is 0 Å². The maximum Gasteiger partial charge on any atom is 0.258 e. The molecular formula is C11H17N3O2S. The number of nitrogens with zero attached hydrogens (tertiary/aromatic N) is 1. The highest BCUT2D eigenvalue weighted by molar-refractivity contribution is 7.89. The Hall–Kier alpha value is -0.980. The highest BCUT2D eigenvalue weighted by Crippen LogP contribution is 2.35. The second-order valence-corrected chi connectivity index (χ2v) is 6.33. The van der Waals surface area contributed by atoms with E-state index in [-0.39, 0.29) is 10.6 Å². The van der Waals surface area contributed by atoms with Crippen LogP contribution < -0.4 is 10.0 Å². The summed E-state index contributed by atoms with van der Waals surface area (Å²) in [5.74, 6) is 0. The third kappa shape index (κ3) is 3.02. The Bertz CT molecular complexity index is 492. The molecular weight excluding hydrogens is 238 g/mol. The lowest BCUT2D eigenvalue weighted by atomic mass is 10.3. The standard InChI is InChI=1S/C11H17N3O2S/c1-11(5-6-11)14-17(15,16)10-4-3-9(7-12-2)8-13-10/h3-4,8,12,14H,5-7H2,1-2H3. The molecule has 1 aromatic heterocycles. The molecule has 94 valence electrons. The number of rotatable bonds is 5. The van der Waals surface area contributed by atoms with Crippen molar-refractivity contribution in [1.29, 1.82) is 0 Å². The quantitative estimate of drug-likeness (QED) is 0.809. The number of pyridine rings is 1. The van der Waals surface area contributed by atoms with Crippen LogP contribution in [0.2, 0.25) is 0 Å². The molecule has 1 aliphatic carbocycles. The summed E-state index contributed by atoms with van der Waals surface area (Å²) < 4.78 is 26.6. The van der Waals surface area contributed by atoms with Gasteiger partial charge in [0.2, 0.25) is 0 Å². The van der Waals surface area contributed by atoms with Crippen molar-refractivity contribution < 1.29 is 8.42 Å². The molecule has 0 unspecified atom stereocenters. The minimum atomic E-state index is -3.47. The molecule has 6 heteroatoms. The number of aromatic nitrogens is 1. The first-order valence-electron chi connectivity index (χ1n) is 5.59. The molecule has 0 amide bonds. The van der Waals surface area contributed by atoms with Gasteiger partial charge in [-0.1, -0.05) is 6.07 Å². The van der Waals surface area contributed by atoms with E-state index >= 15 is 0 Å². The van der Waals surface area contributed by atoms with Gasteiger partial charge in [0.15, 0.2) is 5.03 Å². The van der Waals surface area contributed by atoms with Crippen molar-refractivity contribution in [3.05, 3.63) is 23.9 Å².